The highest BCUT2D eigenvalue weighted by Gasteiger charge is 2.07. The molecule has 86 valence electrons. The summed E-state index contributed by atoms with van der Waals surface area (Å²) >= 11 is 0. The summed E-state index contributed by atoms with van der Waals surface area (Å²) in [5.74, 6) is 2.59. The lowest BCUT2D eigenvalue weighted by molar-refractivity contribution is -0.121. The van der Waals surface area contributed by atoms with Crippen LogP contribution in [-0.4, -0.2) is 25.2 Å². The zero-order valence-electron chi connectivity index (χ0n) is 9.71. The van der Waals surface area contributed by atoms with Crippen LogP contribution >= 0.6 is 0 Å². The van der Waals surface area contributed by atoms with Crippen LogP contribution in [0.3, 0.4) is 0 Å². The van der Waals surface area contributed by atoms with E-state index in [2.05, 4.69) is 11.2 Å². The van der Waals surface area contributed by atoms with E-state index in [1.807, 2.05) is 13.8 Å². The Balaban J connectivity index is 3.58. The predicted octanol–water partition coefficient (Wildman–Crippen LogP) is 1.72. The maximum Gasteiger partial charge on any atom is 0.221 e. The Morgan fingerprint density at radius 2 is 2.27 bits per heavy atom. The average Bonchev–Trinajstić information content (AvgIpc) is 2.24. The number of nitrogens with one attached hydrogen (secondary N) is 1. The van der Waals surface area contributed by atoms with E-state index >= 15 is 0 Å². The van der Waals surface area contributed by atoms with Gasteiger partial charge in [-0.2, -0.15) is 0 Å². The van der Waals surface area contributed by atoms with E-state index < -0.39 is 0 Å². The second-order valence-corrected chi connectivity index (χ2v) is 3.38. The fourth-order valence-electron chi connectivity index (χ4n) is 1.23. The minimum Gasteiger partial charge on any atom is -0.382 e. The lowest BCUT2D eigenvalue weighted by Gasteiger charge is -2.11. The summed E-state index contributed by atoms with van der Waals surface area (Å²) in [6, 6.07) is -0.116. The largest absolute Gasteiger partial charge is 0.382 e. The zero-order valence-corrected chi connectivity index (χ0v) is 9.71. The predicted molar refractivity (Wildman–Crippen MR) is 61.4 cm³/mol. The number of hydrogen-bond donors (Lipinski definition) is 1. The van der Waals surface area contributed by atoms with E-state index in [0.717, 1.165) is 19.3 Å². The molecule has 0 aliphatic carbocycles. The van der Waals surface area contributed by atoms with Crippen molar-refractivity contribution in [1.82, 2.24) is 5.32 Å². The van der Waals surface area contributed by atoms with Crippen molar-refractivity contribution in [1.29, 1.82) is 0 Å². The Morgan fingerprint density at radius 3 is 2.80 bits per heavy atom. The van der Waals surface area contributed by atoms with Gasteiger partial charge in [0.2, 0.25) is 5.91 Å². The van der Waals surface area contributed by atoms with Gasteiger partial charge in [0.15, 0.2) is 0 Å². The van der Waals surface area contributed by atoms with Crippen molar-refractivity contribution in [3.05, 3.63) is 0 Å². The fourth-order valence-corrected chi connectivity index (χ4v) is 1.23. The molecule has 0 saturated heterocycles. The molecular weight excluding hydrogens is 190 g/mol. The molecule has 0 heterocycles. The van der Waals surface area contributed by atoms with E-state index in [1.54, 1.807) is 0 Å². The number of carbonyl (C=O) groups excluding carboxylic acids is 1. The van der Waals surface area contributed by atoms with Crippen molar-refractivity contribution in [3.63, 3.8) is 0 Å². The summed E-state index contributed by atoms with van der Waals surface area (Å²) < 4.78 is 5.14. The maximum absolute atomic E-state index is 11.4. The molecule has 0 aromatic carbocycles. The van der Waals surface area contributed by atoms with Crippen LogP contribution in [0.25, 0.3) is 0 Å². The first-order chi connectivity index (χ1) is 7.24. The molecule has 0 spiro atoms. The van der Waals surface area contributed by atoms with Gasteiger partial charge in [0.25, 0.3) is 0 Å². The molecule has 1 unspecified atom stereocenters. The van der Waals surface area contributed by atoms with Gasteiger partial charge in [0.05, 0.1) is 6.04 Å². The van der Waals surface area contributed by atoms with Crippen LogP contribution in [0.4, 0.5) is 0 Å². The van der Waals surface area contributed by atoms with E-state index in [4.69, 9.17) is 11.2 Å². The second kappa shape index (κ2) is 9.54. The normalized spacial score (nSPS) is 11.8. The van der Waals surface area contributed by atoms with Gasteiger partial charge < -0.3 is 10.1 Å². The lowest BCUT2D eigenvalue weighted by Crippen LogP contribution is -2.33. The number of hydrogen-bond acceptors (Lipinski definition) is 2. The van der Waals surface area contributed by atoms with Crippen molar-refractivity contribution in [2.75, 3.05) is 13.2 Å². The first kappa shape index (κ1) is 14.0. The standard InChI is InChI=1S/C12H21NO2/c1-4-8-11(5-2)13-12(14)9-7-10-15-6-3/h2,11H,4,6-10H2,1,3H3,(H,13,14). The van der Waals surface area contributed by atoms with Crippen LogP contribution in [0, 0.1) is 12.3 Å². The van der Waals surface area contributed by atoms with Crippen molar-refractivity contribution in [2.45, 2.75) is 45.6 Å². The van der Waals surface area contributed by atoms with Crippen LogP contribution in [-0.2, 0) is 9.53 Å². The Morgan fingerprint density at radius 1 is 1.53 bits per heavy atom. The Labute approximate surface area is 92.6 Å². The third-order valence-corrected chi connectivity index (χ3v) is 2.01. The Bertz CT molecular complexity index is 208. The molecule has 0 bridgehead atoms. The minimum absolute atomic E-state index is 0.0195. The summed E-state index contributed by atoms with van der Waals surface area (Å²) in [7, 11) is 0. The fraction of sp³-hybridized carbons (Fsp3) is 0.750. The van der Waals surface area contributed by atoms with Gasteiger partial charge in [-0.3, -0.25) is 4.79 Å². The molecule has 0 saturated carbocycles. The van der Waals surface area contributed by atoms with Gasteiger partial charge in [-0.25, -0.2) is 0 Å². The zero-order chi connectivity index (χ0) is 11.5. The monoisotopic (exact) mass is 211 g/mol. The molecule has 15 heavy (non-hydrogen) atoms. The maximum atomic E-state index is 11.4. The lowest BCUT2D eigenvalue weighted by atomic mass is 10.1. The van der Waals surface area contributed by atoms with Gasteiger partial charge >= 0.3 is 0 Å². The molecule has 1 amide bonds. The summed E-state index contributed by atoms with van der Waals surface area (Å²) in [6.07, 6.45) is 8.36. The summed E-state index contributed by atoms with van der Waals surface area (Å²) in [4.78, 5) is 11.4. The van der Waals surface area contributed by atoms with E-state index in [9.17, 15) is 4.79 Å². The number of amides is 1. The van der Waals surface area contributed by atoms with Gasteiger partial charge in [-0.15, -0.1) is 6.42 Å². The smallest absolute Gasteiger partial charge is 0.221 e. The van der Waals surface area contributed by atoms with Gasteiger partial charge in [-0.05, 0) is 19.8 Å². The molecule has 3 heteroatoms. The van der Waals surface area contributed by atoms with Gasteiger partial charge in [0, 0.05) is 19.6 Å². The van der Waals surface area contributed by atoms with Crippen LogP contribution < -0.4 is 5.32 Å². The van der Waals surface area contributed by atoms with Crippen LogP contribution in [0.2, 0.25) is 0 Å². The van der Waals surface area contributed by atoms with E-state index in [-0.39, 0.29) is 11.9 Å². The minimum atomic E-state index is -0.116. The Kier molecular flexibility index (Phi) is 8.90. The molecule has 1 atom stereocenters. The molecule has 0 aliphatic heterocycles. The molecule has 3 nitrogen and oxygen atoms in total. The molecule has 0 fully saturated rings. The summed E-state index contributed by atoms with van der Waals surface area (Å²) in [5.41, 5.74) is 0. The highest BCUT2D eigenvalue weighted by molar-refractivity contribution is 5.76. The first-order valence-corrected chi connectivity index (χ1v) is 5.57. The molecule has 1 N–H and O–H groups in total. The molecule has 0 aliphatic rings. The first-order valence-electron chi connectivity index (χ1n) is 5.57. The van der Waals surface area contributed by atoms with E-state index in [0.29, 0.717) is 19.6 Å². The summed E-state index contributed by atoms with van der Waals surface area (Å²) in [6.45, 7) is 5.32. The van der Waals surface area contributed by atoms with Gasteiger partial charge in [-0.1, -0.05) is 19.3 Å². The van der Waals surface area contributed by atoms with Crippen molar-refractivity contribution in [3.8, 4) is 12.3 Å². The molecular formula is C12H21NO2. The molecule has 0 aromatic rings. The van der Waals surface area contributed by atoms with Crippen molar-refractivity contribution >= 4 is 5.91 Å². The van der Waals surface area contributed by atoms with Crippen molar-refractivity contribution < 1.29 is 9.53 Å². The average molecular weight is 211 g/mol. The number of rotatable bonds is 8. The number of ether oxygens (including phenoxy) is 1. The highest BCUT2D eigenvalue weighted by atomic mass is 16.5. The number of terminal acetylenes is 1. The molecule has 0 aromatic heterocycles. The SMILES string of the molecule is C#CC(CCC)NC(=O)CCCOCC. The Hall–Kier alpha value is -1.01. The number of carbonyl (C=O) groups is 1. The second-order valence-electron chi connectivity index (χ2n) is 3.38. The van der Waals surface area contributed by atoms with Crippen molar-refractivity contribution in [2.24, 2.45) is 0 Å². The van der Waals surface area contributed by atoms with E-state index in [1.165, 1.54) is 0 Å². The van der Waals surface area contributed by atoms with Gasteiger partial charge in [0.1, 0.15) is 0 Å². The van der Waals surface area contributed by atoms with Crippen LogP contribution in [0.1, 0.15) is 39.5 Å². The quantitative estimate of drug-likeness (QED) is 0.490. The summed E-state index contributed by atoms with van der Waals surface area (Å²) in [5, 5.41) is 2.81. The third kappa shape index (κ3) is 8.02. The molecule has 0 radical (unpaired) electrons. The molecule has 0 rings (SSSR count). The van der Waals surface area contributed by atoms with Crippen LogP contribution in [0.15, 0.2) is 0 Å². The highest BCUT2D eigenvalue weighted by Crippen LogP contribution is 1.97. The third-order valence-electron chi connectivity index (χ3n) is 2.01. The van der Waals surface area contributed by atoms with Crippen LogP contribution in [0.5, 0.6) is 0 Å². The topological polar surface area (TPSA) is 38.3 Å².